The molecule has 0 spiro atoms. The van der Waals surface area contributed by atoms with Gasteiger partial charge >= 0.3 is 0 Å². The molecule has 0 aliphatic heterocycles. The Balaban J connectivity index is 1.37. The Morgan fingerprint density at radius 2 is 1.20 bits per heavy atom. The van der Waals surface area contributed by atoms with Gasteiger partial charge in [0.2, 0.25) is 0 Å². The average Bonchev–Trinajstić information content (AvgIpc) is 3.08. The third-order valence-corrected chi connectivity index (χ3v) is 8.44. The molecule has 1 unspecified atom stereocenters. The number of carbonyl (C=O) groups is 1. The van der Waals surface area contributed by atoms with Crippen LogP contribution in [0.15, 0.2) is 152 Å². The maximum absolute atomic E-state index is 13.7. The molecule has 4 heteroatoms. The lowest BCUT2D eigenvalue weighted by atomic mass is 9.85. The molecule has 5 aromatic carbocycles. The third-order valence-electron chi connectivity index (χ3n) is 7.92. The first kappa shape index (κ1) is 31.4. The van der Waals surface area contributed by atoms with Crippen LogP contribution < -0.4 is 5.32 Å². The first-order valence-electron chi connectivity index (χ1n) is 15.1. The van der Waals surface area contributed by atoms with Gasteiger partial charge in [0.1, 0.15) is 0 Å². The van der Waals surface area contributed by atoms with E-state index >= 15 is 0 Å². The zero-order valence-corrected chi connectivity index (χ0v) is 26.1. The Morgan fingerprint density at radius 3 is 1.82 bits per heavy atom. The standard InChI is InChI=1S/C41H37NO2S/c1-29(43)25-26-42-30(2)33-17-21-36(22-18-33)39(41(45)38-23-19-35(20-24-38)34-11-7-4-8-12-34)28-40(44)37-15-13-32(14-16-37)27-31-9-5-3-6-10-31/h3-24,39,42-43H,1-2,25-28H2. The van der Waals surface area contributed by atoms with Gasteiger partial charge in [-0.2, -0.15) is 0 Å². The average molecular weight is 608 g/mol. The SMILES string of the molecule is C=C(O)CCNC(=C)c1ccc(C(CC(=O)c2ccc(Cc3ccccc3)cc2)C(=S)c2ccc(-c3ccccc3)cc2)cc1. The summed E-state index contributed by atoms with van der Waals surface area (Å²) in [7, 11) is 0. The van der Waals surface area contributed by atoms with E-state index in [1.165, 1.54) is 5.56 Å². The van der Waals surface area contributed by atoms with Crippen LogP contribution in [0.4, 0.5) is 0 Å². The molecule has 0 bridgehead atoms. The van der Waals surface area contributed by atoms with Crippen LogP contribution in [0.1, 0.15) is 56.9 Å². The highest BCUT2D eigenvalue weighted by atomic mass is 32.1. The number of nitrogens with one attached hydrogen (secondary N) is 1. The van der Waals surface area contributed by atoms with Gasteiger partial charge in [-0.3, -0.25) is 4.79 Å². The van der Waals surface area contributed by atoms with E-state index in [1.54, 1.807) is 0 Å². The Morgan fingerprint density at radius 1 is 0.667 bits per heavy atom. The first-order chi connectivity index (χ1) is 21.9. The molecule has 1 atom stereocenters. The fourth-order valence-electron chi connectivity index (χ4n) is 5.34. The van der Waals surface area contributed by atoms with Crippen molar-refractivity contribution in [3.05, 3.63) is 186 Å². The topological polar surface area (TPSA) is 49.3 Å². The molecule has 0 aliphatic carbocycles. The van der Waals surface area contributed by atoms with E-state index in [1.807, 2.05) is 84.9 Å². The normalized spacial score (nSPS) is 11.4. The summed E-state index contributed by atoms with van der Waals surface area (Å²) in [4.78, 5) is 14.4. The summed E-state index contributed by atoms with van der Waals surface area (Å²) in [6.45, 7) is 8.20. The molecular formula is C41H37NO2S. The van der Waals surface area contributed by atoms with Crippen LogP contribution in [-0.4, -0.2) is 22.3 Å². The minimum absolute atomic E-state index is 0.0499. The number of aliphatic hydroxyl groups is 1. The van der Waals surface area contributed by atoms with Crippen molar-refractivity contribution in [3.63, 3.8) is 0 Å². The lowest BCUT2D eigenvalue weighted by molar-refractivity contribution is 0.0980. The zero-order valence-electron chi connectivity index (χ0n) is 25.3. The maximum atomic E-state index is 13.7. The summed E-state index contributed by atoms with van der Waals surface area (Å²) in [5.41, 5.74) is 8.93. The van der Waals surface area contributed by atoms with Gasteiger partial charge in [0, 0.05) is 41.4 Å². The predicted octanol–water partition coefficient (Wildman–Crippen LogP) is 9.74. The number of Topliss-reactive ketones (excluding diaryl/α,β-unsaturated/α-hetero) is 1. The number of carbonyl (C=O) groups excluding carboxylic acids is 1. The number of rotatable bonds is 14. The molecule has 5 aromatic rings. The lowest BCUT2D eigenvalue weighted by Gasteiger charge is -2.20. The van der Waals surface area contributed by atoms with Gasteiger partial charge in [0.25, 0.3) is 0 Å². The second-order valence-electron chi connectivity index (χ2n) is 11.2. The van der Waals surface area contributed by atoms with Gasteiger partial charge in [-0.15, -0.1) is 0 Å². The van der Waals surface area contributed by atoms with E-state index in [0.717, 1.165) is 50.4 Å². The molecule has 5 rings (SSSR count). The summed E-state index contributed by atoms with van der Waals surface area (Å²) in [5.74, 6) is -0.102. The van der Waals surface area contributed by atoms with Crippen LogP contribution in [0.2, 0.25) is 0 Å². The second kappa shape index (κ2) is 15.1. The Hall–Kier alpha value is -5.06. The number of thiocarbonyl (C=S) groups is 1. The minimum Gasteiger partial charge on any atom is -0.513 e. The molecule has 224 valence electrons. The third kappa shape index (κ3) is 8.53. The maximum Gasteiger partial charge on any atom is 0.163 e. The fraction of sp³-hybridized carbons (Fsp3) is 0.122. The van der Waals surface area contributed by atoms with Crippen LogP contribution in [-0.2, 0) is 6.42 Å². The van der Waals surface area contributed by atoms with Crippen molar-refractivity contribution in [2.24, 2.45) is 0 Å². The Bertz CT molecular complexity index is 1760. The van der Waals surface area contributed by atoms with Crippen molar-refractivity contribution in [1.82, 2.24) is 5.32 Å². The molecule has 0 saturated heterocycles. The quantitative estimate of drug-likeness (QED) is 0.0750. The number of benzene rings is 5. The molecule has 0 saturated carbocycles. The second-order valence-corrected chi connectivity index (χ2v) is 11.6. The van der Waals surface area contributed by atoms with Gasteiger partial charge in [-0.25, -0.2) is 0 Å². The summed E-state index contributed by atoms with van der Waals surface area (Å²) < 4.78 is 0. The van der Waals surface area contributed by atoms with Crippen LogP contribution >= 0.6 is 12.2 Å². The number of aliphatic hydroxyl groups excluding tert-OH is 1. The summed E-state index contributed by atoms with van der Waals surface area (Å²) in [5, 5.41) is 12.6. The van der Waals surface area contributed by atoms with E-state index in [0.29, 0.717) is 18.5 Å². The molecule has 0 radical (unpaired) electrons. The van der Waals surface area contributed by atoms with Crippen molar-refractivity contribution in [2.45, 2.75) is 25.2 Å². The van der Waals surface area contributed by atoms with E-state index in [9.17, 15) is 9.90 Å². The van der Waals surface area contributed by atoms with E-state index in [2.05, 4.69) is 67.0 Å². The molecule has 0 heterocycles. The highest BCUT2D eigenvalue weighted by Gasteiger charge is 2.23. The van der Waals surface area contributed by atoms with Crippen LogP contribution in [0.5, 0.6) is 0 Å². The van der Waals surface area contributed by atoms with Gasteiger partial charge in [-0.05, 0) is 45.4 Å². The van der Waals surface area contributed by atoms with Crippen molar-refractivity contribution in [1.29, 1.82) is 0 Å². The fourth-order valence-corrected chi connectivity index (χ4v) is 5.70. The van der Waals surface area contributed by atoms with Gasteiger partial charge < -0.3 is 10.4 Å². The van der Waals surface area contributed by atoms with E-state index in [4.69, 9.17) is 12.2 Å². The summed E-state index contributed by atoms with van der Waals surface area (Å²) in [6.07, 6.45) is 1.53. The van der Waals surface area contributed by atoms with Crippen LogP contribution in [0, 0.1) is 0 Å². The molecule has 45 heavy (non-hydrogen) atoms. The molecule has 2 N–H and O–H groups in total. The van der Waals surface area contributed by atoms with Gasteiger partial charge in [0.15, 0.2) is 5.78 Å². The lowest BCUT2D eigenvalue weighted by Crippen LogP contribution is -2.17. The number of ketones is 1. The molecule has 0 fully saturated rings. The monoisotopic (exact) mass is 607 g/mol. The minimum atomic E-state index is -0.285. The zero-order chi connectivity index (χ0) is 31.6. The number of hydrogen-bond acceptors (Lipinski definition) is 4. The smallest absolute Gasteiger partial charge is 0.163 e. The molecular weight excluding hydrogens is 571 g/mol. The number of hydrogen-bond donors (Lipinski definition) is 2. The van der Waals surface area contributed by atoms with Crippen LogP contribution in [0.25, 0.3) is 16.8 Å². The van der Waals surface area contributed by atoms with Crippen molar-refractivity contribution < 1.29 is 9.90 Å². The van der Waals surface area contributed by atoms with Gasteiger partial charge in [-0.1, -0.05) is 159 Å². The van der Waals surface area contributed by atoms with Crippen molar-refractivity contribution in [2.75, 3.05) is 6.54 Å². The Labute approximate surface area is 271 Å². The summed E-state index contributed by atoms with van der Waals surface area (Å²) >= 11 is 6.10. The first-order valence-corrected chi connectivity index (χ1v) is 15.5. The molecule has 0 aliphatic rings. The molecule has 0 aromatic heterocycles. The largest absolute Gasteiger partial charge is 0.513 e. The van der Waals surface area contributed by atoms with E-state index < -0.39 is 0 Å². The Kier molecular flexibility index (Phi) is 10.5. The van der Waals surface area contributed by atoms with Crippen molar-refractivity contribution in [3.8, 4) is 11.1 Å². The molecule has 3 nitrogen and oxygen atoms in total. The van der Waals surface area contributed by atoms with Crippen molar-refractivity contribution >= 4 is 28.6 Å². The molecule has 0 amide bonds. The predicted molar refractivity (Wildman–Crippen MR) is 191 cm³/mol. The van der Waals surface area contributed by atoms with E-state index in [-0.39, 0.29) is 23.9 Å². The van der Waals surface area contributed by atoms with Gasteiger partial charge in [0.05, 0.1) is 5.76 Å². The van der Waals surface area contributed by atoms with Crippen LogP contribution in [0.3, 0.4) is 0 Å². The highest BCUT2D eigenvalue weighted by molar-refractivity contribution is 7.81. The highest BCUT2D eigenvalue weighted by Crippen LogP contribution is 2.30. The summed E-state index contributed by atoms with van der Waals surface area (Å²) in [6, 6.07) is 44.8.